The van der Waals surface area contributed by atoms with Crippen molar-refractivity contribution in [2.45, 2.75) is 51.4 Å². The normalized spacial score (nSPS) is 18.5. The molecule has 7 nitrogen and oxygen atoms in total. The molecular formula is C23H27N3O4. The lowest BCUT2D eigenvalue weighted by molar-refractivity contribution is -0.186. The van der Waals surface area contributed by atoms with E-state index in [1.165, 1.54) is 5.56 Å². The molecular weight excluding hydrogens is 382 g/mol. The zero-order valence-corrected chi connectivity index (χ0v) is 17.0. The summed E-state index contributed by atoms with van der Waals surface area (Å²) in [5.74, 6) is -0.177. The Kier molecular flexibility index (Phi) is 6.71. The fourth-order valence-corrected chi connectivity index (χ4v) is 3.85. The maximum Gasteiger partial charge on any atom is 0.274 e. The zero-order chi connectivity index (χ0) is 20.8. The Bertz CT molecular complexity index is 881. The van der Waals surface area contributed by atoms with Gasteiger partial charge < -0.3 is 9.64 Å². The molecule has 1 unspecified atom stereocenters. The van der Waals surface area contributed by atoms with Gasteiger partial charge in [-0.15, -0.1) is 0 Å². The van der Waals surface area contributed by atoms with Crippen LogP contribution in [0.25, 0.3) is 0 Å². The third-order valence-electron chi connectivity index (χ3n) is 5.60. The summed E-state index contributed by atoms with van der Waals surface area (Å²) >= 11 is 0. The van der Waals surface area contributed by atoms with E-state index in [1.807, 2.05) is 29.2 Å². The Morgan fingerprint density at radius 1 is 1.23 bits per heavy atom. The summed E-state index contributed by atoms with van der Waals surface area (Å²) in [5.41, 5.74) is 6.27. The van der Waals surface area contributed by atoms with Gasteiger partial charge in [0.15, 0.2) is 6.29 Å². The molecule has 1 N–H and O–H groups in total. The topological polar surface area (TPSA) is 80.8 Å². The molecule has 30 heavy (non-hydrogen) atoms. The summed E-state index contributed by atoms with van der Waals surface area (Å²) in [5, 5.41) is 0. The highest BCUT2D eigenvalue weighted by Gasteiger charge is 2.22. The van der Waals surface area contributed by atoms with Crippen molar-refractivity contribution in [1.29, 1.82) is 0 Å². The third kappa shape index (κ3) is 5.23. The van der Waals surface area contributed by atoms with Gasteiger partial charge in [-0.3, -0.25) is 14.6 Å². The summed E-state index contributed by atoms with van der Waals surface area (Å²) in [6, 6.07) is 9.50. The number of hydrogen-bond acceptors (Lipinski definition) is 5. The van der Waals surface area contributed by atoms with Crippen LogP contribution in [-0.2, 0) is 33.8 Å². The van der Waals surface area contributed by atoms with Crippen LogP contribution in [0.5, 0.6) is 0 Å². The Morgan fingerprint density at radius 3 is 2.97 bits per heavy atom. The number of fused-ring (bicyclic) bond motifs is 1. The number of aromatic nitrogens is 1. The molecule has 2 aliphatic rings. The number of carbonyl (C=O) groups excluding carboxylic acids is 2. The van der Waals surface area contributed by atoms with Crippen molar-refractivity contribution in [2.24, 2.45) is 0 Å². The largest absolute Gasteiger partial charge is 0.350 e. The summed E-state index contributed by atoms with van der Waals surface area (Å²) in [4.78, 5) is 36.5. The van der Waals surface area contributed by atoms with Crippen LogP contribution in [0.4, 0.5) is 0 Å². The molecule has 2 amide bonds. The van der Waals surface area contributed by atoms with Crippen molar-refractivity contribution in [1.82, 2.24) is 15.4 Å². The molecule has 0 spiro atoms. The van der Waals surface area contributed by atoms with E-state index in [2.05, 4.69) is 10.5 Å². The first-order chi connectivity index (χ1) is 14.7. The SMILES string of the molecule is O=C(NOC1CCCCO1)c1ccc2c(c1)CN(C(=O)CCc1cccnc1)CC2. The van der Waals surface area contributed by atoms with Crippen LogP contribution < -0.4 is 5.48 Å². The van der Waals surface area contributed by atoms with Gasteiger partial charge in [-0.2, -0.15) is 0 Å². The van der Waals surface area contributed by atoms with E-state index in [9.17, 15) is 9.59 Å². The summed E-state index contributed by atoms with van der Waals surface area (Å²) in [7, 11) is 0. The van der Waals surface area contributed by atoms with E-state index in [0.29, 0.717) is 38.1 Å². The Morgan fingerprint density at radius 2 is 2.17 bits per heavy atom. The predicted molar refractivity (Wildman–Crippen MR) is 110 cm³/mol. The van der Waals surface area contributed by atoms with E-state index in [-0.39, 0.29) is 18.1 Å². The van der Waals surface area contributed by atoms with Gasteiger partial charge in [-0.1, -0.05) is 12.1 Å². The summed E-state index contributed by atoms with van der Waals surface area (Å²) in [6.07, 6.45) is 7.91. The number of pyridine rings is 1. The first kappa shape index (κ1) is 20.5. The lowest BCUT2D eigenvalue weighted by Crippen LogP contribution is -2.36. The first-order valence-electron chi connectivity index (χ1n) is 10.5. The number of aryl methyl sites for hydroxylation is 1. The van der Waals surface area contributed by atoms with E-state index in [4.69, 9.17) is 9.57 Å². The average molecular weight is 409 g/mol. The van der Waals surface area contributed by atoms with Gasteiger partial charge in [-0.05, 0) is 60.6 Å². The standard InChI is InChI=1S/C23H27N3O4/c27-21(9-6-17-4-3-11-24-15-17)26-12-10-18-7-8-19(14-20(18)16-26)23(28)25-30-22-5-1-2-13-29-22/h3-4,7-8,11,14-15,22H,1-2,5-6,9-10,12-13,16H2,(H,25,28). The van der Waals surface area contributed by atoms with Crippen molar-refractivity contribution >= 4 is 11.8 Å². The molecule has 2 aliphatic heterocycles. The molecule has 4 rings (SSSR count). The number of nitrogens with one attached hydrogen (secondary N) is 1. The molecule has 1 fully saturated rings. The number of amides is 2. The van der Waals surface area contributed by atoms with Gasteiger partial charge in [0.2, 0.25) is 5.91 Å². The van der Waals surface area contributed by atoms with Gasteiger partial charge >= 0.3 is 0 Å². The van der Waals surface area contributed by atoms with Gasteiger partial charge in [0.05, 0.1) is 0 Å². The van der Waals surface area contributed by atoms with Crippen LogP contribution in [0, 0.1) is 0 Å². The minimum absolute atomic E-state index is 0.122. The second-order valence-corrected chi connectivity index (χ2v) is 7.76. The highest BCUT2D eigenvalue weighted by Crippen LogP contribution is 2.22. The number of hydroxylamine groups is 1. The molecule has 2 aromatic rings. The number of hydrogen-bond donors (Lipinski definition) is 1. The smallest absolute Gasteiger partial charge is 0.274 e. The molecule has 3 heterocycles. The second kappa shape index (κ2) is 9.82. The number of carbonyl (C=O) groups is 2. The number of benzene rings is 1. The highest BCUT2D eigenvalue weighted by atomic mass is 16.8. The van der Waals surface area contributed by atoms with Crippen LogP contribution >= 0.6 is 0 Å². The van der Waals surface area contributed by atoms with Crippen molar-refractivity contribution in [3.8, 4) is 0 Å². The van der Waals surface area contributed by atoms with Gasteiger partial charge in [0.25, 0.3) is 5.91 Å². The molecule has 1 atom stereocenters. The molecule has 0 aliphatic carbocycles. The van der Waals surface area contributed by atoms with Crippen LogP contribution in [0.2, 0.25) is 0 Å². The lowest BCUT2D eigenvalue weighted by atomic mass is 9.96. The third-order valence-corrected chi connectivity index (χ3v) is 5.60. The fourth-order valence-electron chi connectivity index (χ4n) is 3.85. The number of rotatable bonds is 6. The number of nitrogens with zero attached hydrogens (tertiary/aromatic N) is 2. The molecule has 0 radical (unpaired) electrons. The van der Waals surface area contributed by atoms with Gasteiger partial charge in [0.1, 0.15) is 0 Å². The van der Waals surface area contributed by atoms with Crippen molar-refractivity contribution in [3.63, 3.8) is 0 Å². The molecule has 7 heteroatoms. The van der Waals surface area contributed by atoms with E-state index in [0.717, 1.165) is 36.8 Å². The van der Waals surface area contributed by atoms with E-state index in [1.54, 1.807) is 18.5 Å². The van der Waals surface area contributed by atoms with E-state index >= 15 is 0 Å². The van der Waals surface area contributed by atoms with Crippen LogP contribution in [0.1, 0.15) is 52.7 Å². The Labute approximate surface area is 176 Å². The van der Waals surface area contributed by atoms with Crippen molar-refractivity contribution in [2.75, 3.05) is 13.2 Å². The quantitative estimate of drug-likeness (QED) is 0.742. The summed E-state index contributed by atoms with van der Waals surface area (Å²) < 4.78 is 5.47. The van der Waals surface area contributed by atoms with Crippen molar-refractivity contribution < 1.29 is 19.2 Å². The molecule has 0 saturated carbocycles. The minimum Gasteiger partial charge on any atom is -0.350 e. The monoisotopic (exact) mass is 409 g/mol. The Balaban J connectivity index is 1.33. The van der Waals surface area contributed by atoms with E-state index < -0.39 is 0 Å². The fraction of sp³-hybridized carbons (Fsp3) is 0.435. The van der Waals surface area contributed by atoms with Crippen LogP contribution in [-0.4, -0.2) is 41.1 Å². The van der Waals surface area contributed by atoms with Crippen LogP contribution in [0.3, 0.4) is 0 Å². The second-order valence-electron chi connectivity index (χ2n) is 7.76. The average Bonchev–Trinajstić information content (AvgIpc) is 2.81. The minimum atomic E-state index is -0.381. The highest BCUT2D eigenvalue weighted by molar-refractivity contribution is 5.93. The zero-order valence-electron chi connectivity index (χ0n) is 17.0. The number of ether oxygens (including phenoxy) is 1. The van der Waals surface area contributed by atoms with Gasteiger partial charge in [0, 0.05) is 50.5 Å². The lowest BCUT2D eigenvalue weighted by Gasteiger charge is -2.29. The van der Waals surface area contributed by atoms with Gasteiger partial charge in [-0.25, -0.2) is 10.3 Å². The molecule has 158 valence electrons. The molecule has 1 saturated heterocycles. The maximum absolute atomic E-state index is 12.7. The van der Waals surface area contributed by atoms with Crippen molar-refractivity contribution in [3.05, 3.63) is 65.0 Å². The predicted octanol–water partition coefficient (Wildman–Crippen LogP) is 2.79. The maximum atomic E-state index is 12.7. The molecule has 0 bridgehead atoms. The first-order valence-corrected chi connectivity index (χ1v) is 10.5. The summed E-state index contributed by atoms with van der Waals surface area (Å²) in [6.45, 7) is 1.88. The Hall–Kier alpha value is -2.77. The van der Waals surface area contributed by atoms with Crippen LogP contribution in [0.15, 0.2) is 42.7 Å². The molecule has 1 aromatic heterocycles. The molecule has 1 aromatic carbocycles.